The second-order valence-electron chi connectivity index (χ2n) is 5.09. The van der Waals surface area contributed by atoms with Gasteiger partial charge in [0.1, 0.15) is 6.04 Å². The van der Waals surface area contributed by atoms with Gasteiger partial charge < -0.3 is 20.7 Å². The summed E-state index contributed by atoms with van der Waals surface area (Å²) < 4.78 is 5.46. The van der Waals surface area contributed by atoms with Crippen molar-refractivity contribution in [2.45, 2.75) is 25.5 Å². The summed E-state index contributed by atoms with van der Waals surface area (Å²) in [6.07, 6.45) is 0.210. The van der Waals surface area contributed by atoms with Crippen molar-refractivity contribution in [2.24, 2.45) is 0 Å². The first-order valence-electron chi connectivity index (χ1n) is 6.72. The zero-order chi connectivity index (χ0) is 14.1. The molecule has 2 atom stereocenters. The van der Waals surface area contributed by atoms with Crippen molar-refractivity contribution in [1.29, 1.82) is 0 Å². The van der Waals surface area contributed by atoms with Crippen molar-refractivity contribution < 1.29 is 14.3 Å². The first-order valence-corrected chi connectivity index (χ1v) is 6.72. The largest absolute Gasteiger partial charge is 0.375 e. The number of hydrogen-bond acceptors (Lipinski definition) is 4. The van der Waals surface area contributed by atoms with Gasteiger partial charge in [0.15, 0.2) is 0 Å². The van der Waals surface area contributed by atoms with Crippen molar-refractivity contribution in [3.8, 4) is 0 Å². The van der Waals surface area contributed by atoms with E-state index in [9.17, 15) is 9.59 Å². The third kappa shape index (κ3) is 2.52. The molecule has 1 fully saturated rings. The molecule has 3 N–H and O–H groups in total. The molecule has 0 saturated carbocycles. The van der Waals surface area contributed by atoms with E-state index in [1.165, 1.54) is 0 Å². The van der Waals surface area contributed by atoms with E-state index in [-0.39, 0.29) is 24.0 Å². The molecule has 20 heavy (non-hydrogen) atoms. The fourth-order valence-corrected chi connectivity index (χ4v) is 2.55. The van der Waals surface area contributed by atoms with Crippen LogP contribution in [0.3, 0.4) is 0 Å². The first-order chi connectivity index (χ1) is 9.63. The molecular weight excluding hydrogens is 258 g/mol. The van der Waals surface area contributed by atoms with Crippen LogP contribution in [0.1, 0.15) is 12.5 Å². The van der Waals surface area contributed by atoms with Gasteiger partial charge in [0.05, 0.1) is 19.1 Å². The van der Waals surface area contributed by atoms with Gasteiger partial charge in [-0.15, -0.1) is 0 Å². The average Bonchev–Trinajstić information content (AvgIpc) is 2.78. The highest BCUT2D eigenvalue weighted by molar-refractivity contribution is 6.01. The molecule has 0 aromatic heterocycles. The molecule has 0 aliphatic carbocycles. The molecule has 6 heteroatoms. The first kappa shape index (κ1) is 13.1. The number of amides is 2. The number of benzene rings is 1. The van der Waals surface area contributed by atoms with Gasteiger partial charge in [0, 0.05) is 17.9 Å². The highest BCUT2D eigenvalue weighted by Crippen LogP contribution is 2.26. The second kappa shape index (κ2) is 5.22. The van der Waals surface area contributed by atoms with E-state index in [2.05, 4.69) is 16.0 Å². The maximum atomic E-state index is 12.2. The van der Waals surface area contributed by atoms with Crippen LogP contribution in [0, 0.1) is 0 Å². The number of rotatable bonds is 2. The van der Waals surface area contributed by atoms with Crippen molar-refractivity contribution in [1.82, 2.24) is 5.32 Å². The summed E-state index contributed by atoms with van der Waals surface area (Å²) in [4.78, 5) is 23.5. The Balaban J connectivity index is 1.70. The average molecular weight is 275 g/mol. The van der Waals surface area contributed by atoms with Gasteiger partial charge in [-0.2, -0.15) is 0 Å². The van der Waals surface area contributed by atoms with Gasteiger partial charge in [0.25, 0.3) is 0 Å². The van der Waals surface area contributed by atoms with Gasteiger partial charge in [-0.3, -0.25) is 9.59 Å². The number of hydrogen-bond donors (Lipinski definition) is 3. The van der Waals surface area contributed by atoms with Gasteiger partial charge in [-0.05, 0) is 30.7 Å². The minimum absolute atomic E-state index is 0.0144. The lowest BCUT2D eigenvalue weighted by Crippen LogP contribution is -2.53. The van der Waals surface area contributed by atoms with Crippen LogP contribution in [-0.4, -0.2) is 37.1 Å². The van der Waals surface area contributed by atoms with Crippen LogP contribution in [-0.2, 0) is 20.7 Å². The summed E-state index contributed by atoms with van der Waals surface area (Å²) in [5, 5.41) is 8.78. The Kier molecular flexibility index (Phi) is 3.42. The minimum Gasteiger partial charge on any atom is -0.375 e. The topological polar surface area (TPSA) is 79.5 Å². The summed E-state index contributed by atoms with van der Waals surface area (Å²) >= 11 is 0. The minimum atomic E-state index is -0.350. The Bertz CT molecular complexity index is 559. The zero-order valence-corrected chi connectivity index (χ0v) is 11.2. The van der Waals surface area contributed by atoms with Gasteiger partial charge >= 0.3 is 0 Å². The molecule has 1 aromatic carbocycles. The Morgan fingerprint density at radius 1 is 1.45 bits per heavy atom. The van der Waals surface area contributed by atoms with Crippen LogP contribution in [0.2, 0.25) is 0 Å². The van der Waals surface area contributed by atoms with Crippen LogP contribution in [0.15, 0.2) is 18.2 Å². The van der Waals surface area contributed by atoms with Crippen LogP contribution in [0.4, 0.5) is 11.4 Å². The normalized spacial score (nSPS) is 24.9. The van der Waals surface area contributed by atoms with Gasteiger partial charge in [-0.25, -0.2) is 0 Å². The van der Waals surface area contributed by atoms with Gasteiger partial charge in [0.2, 0.25) is 11.8 Å². The summed E-state index contributed by atoms with van der Waals surface area (Å²) in [5.74, 6) is -0.131. The Labute approximate surface area is 116 Å². The van der Waals surface area contributed by atoms with Gasteiger partial charge in [-0.1, -0.05) is 0 Å². The van der Waals surface area contributed by atoms with Crippen molar-refractivity contribution in [3.63, 3.8) is 0 Å². The predicted octanol–water partition coefficient (Wildman–Crippen LogP) is 0.497. The maximum absolute atomic E-state index is 12.2. The lowest BCUT2D eigenvalue weighted by molar-refractivity contribution is -0.123. The second-order valence-corrected chi connectivity index (χ2v) is 5.09. The lowest BCUT2D eigenvalue weighted by Gasteiger charge is -2.29. The number of nitrogens with one attached hydrogen (secondary N) is 3. The number of fused-ring (bicyclic) bond motifs is 1. The van der Waals surface area contributed by atoms with Crippen molar-refractivity contribution in [3.05, 3.63) is 23.8 Å². The maximum Gasteiger partial charge on any atom is 0.244 e. The molecule has 0 spiro atoms. The molecule has 0 radical (unpaired) electrons. The molecule has 2 heterocycles. The number of morpholine rings is 1. The lowest BCUT2D eigenvalue weighted by atomic mass is 10.1. The Morgan fingerprint density at radius 3 is 3.10 bits per heavy atom. The molecule has 2 amide bonds. The van der Waals surface area contributed by atoms with Crippen molar-refractivity contribution in [2.75, 3.05) is 23.8 Å². The van der Waals surface area contributed by atoms with Crippen LogP contribution in [0.5, 0.6) is 0 Å². The van der Waals surface area contributed by atoms with Crippen molar-refractivity contribution >= 4 is 23.2 Å². The number of ether oxygens (including phenoxy) is 1. The van der Waals surface area contributed by atoms with E-state index >= 15 is 0 Å². The Morgan fingerprint density at radius 2 is 2.30 bits per heavy atom. The Hall–Kier alpha value is -1.92. The highest BCUT2D eigenvalue weighted by atomic mass is 16.5. The molecule has 0 bridgehead atoms. The van der Waals surface area contributed by atoms with Crippen LogP contribution < -0.4 is 16.0 Å². The third-order valence-electron chi connectivity index (χ3n) is 3.60. The quantitative estimate of drug-likeness (QED) is 0.734. The SMILES string of the molecule is C[C@H]1OCCN[C@@H]1C(=O)Nc1ccc2c(c1)CC(=O)N2. The number of carbonyl (C=O) groups excluding carboxylic acids is 2. The molecule has 3 rings (SSSR count). The standard InChI is InChI=1S/C14H17N3O3/c1-8-13(15-4-5-20-8)14(19)16-10-2-3-11-9(6-10)7-12(18)17-11/h2-3,6,8,13,15H,4-5,7H2,1H3,(H,16,19)(H,17,18)/t8-,13+/m1/s1. The van der Waals surface area contributed by atoms with E-state index < -0.39 is 0 Å². The highest BCUT2D eigenvalue weighted by Gasteiger charge is 2.28. The summed E-state index contributed by atoms with van der Waals surface area (Å²) in [6.45, 7) is 3.17. The van der Waals surface area contributed by atoms with Crippen LogP contribution in [0.25, 0.3) is 0 Å². The van der Waals surface area contributed by atoms with E-state index in [0.717, 1.165) is 11.3 Å². The molecular formula is C14H17N3O3. The molecule has 0 unspecified atom stereocenters. The molecule has 1 aromatic rings. The monoisotopic (exact) mass is 275 g/mol. The zero-order valence-electron chi connectivity index (χ0n) is 11.2. The summed E-state index contributed by atoms with van der Waals surface area (Å²) in [5.41, 5.74) is 2.43. The fourth-order valence-electron chi connectivity index (χ4n) is 2.55. The third-order valence-corrected chi connectivity index (χ3v) is 3.60. The van der Waals surface area contributed by atoms with E-state index in [1.807, 2.05) is 19.1 Å². The van der Waals surface area contributed by atoms with E-state index in [1.54, 1.807) is 6.07 Å². The number of carbonyl (C=O) groups is 2. The van der Waals surface area contributed by atoms with E-state index in [0.29, 0.717) is 25.3 Å². The molecule has 6 nitrogen and oxygen atoms in total. The molecule has 2 aliphatic heterocycles. The summed E-state index contributed by atoms with van der Waals surface area (Å²) in [7, 11) is 0. The fraction of sp³-hybridized carbons (Fsp3) is 0.429. The van der Waals surface area contributed by atoms with Crippen LogP contribution >= 0.6 is 0 Å². The molecule has 2 aliphatic rings. The predicted molar refractivity (Wildman–Crippen MR) is 74.6 cm³/mol. The van der Waals surface area contributed by atoms with E-state index in [4.69, 9.17) is 4.74 Å². The number of anilines is 2. The smallest absolute Gasteiger partial charge is 0.244 e. The summed E-state index contributed by atoms with van der Waals surface area (Å²) in [6, 6.07) is 5.08. The molecule has 106 valence electrons. The molecule has 1 saturated heterocycles.